The van der Waals surface area contributed by atoms with Crippen LogP contribution in [0.15, 0.2) is 4.99 Å². The molecule has 1 spiro atoms. The summed E-state index contributed by atoms with van der Waals surface area (Å²) < 4.78 is 0. The van der Waals surface area contributed by atoms with Gasteiger partial charge < -0.3 is 10.6 Å². The van der Waals surface area contributed by atoms with Crippen molar-refractivity contribution in [3.05, 3.63) is 0 Å². The number of rotatable bonds is 2. The van der Waals surface area contributed by atoms with E-state index in [4.69, 9.17) is 5.73 Å². The minimum atomic E-state index is 0.296. The Morgan fingerprint density at radius 2 is 1.79 bits per heavy atom. The van der Waals surface area contributed by atoms with E-state index in [-0.39, 0.29) is 0 Å². The molecule has 0 aromatic carbocycles. The molecule has 2 N–H and O–H groups in total. The third-order valence-corrected chi connectivity index (χ3v) is 5.89. The highest BCUT2D eigenvalue weighted by Gasteiger charge is 2.47. The molecule has 0 unspecified atom stereocenters. The standard InChI is InChI=1S/C16H29N3/c1-12(2)13-7-9-16(10-8-13)11-18-15(17)19(16)14-5-3-4-6-14/h12-14H,3-11H2,1-2H3,(H2,17,18). The lowest BCUT2D eigenvalue weighted by atomic mass is 9.72. The summed E-state index contributed by atoms with van der Waals surface area (Å²) in [6.07, 6.45) is 10.7. The molecule has 0 saturated heterocycles. The van der Waals surface area contributed by atoms with Gasteiger partial charge in [0.25, 0.3) is 0 Å². The Bertz CT molecular complexity index is 347. The van der Waals surface area contributed by atoms with E-state index in [1.165, 1.54) is 51.4 Å². The Morgan fingerprint density at radius 3 is 2.37 bits per heavy atom. The van der Waals surface area contributed by atoms with E-state index in [0.29, 0.717) is 11.6 Å². The van der Waals surface area contributed by atoms with Gasteiger partial charge in [-0.15, -0.1) is 0 Å². The molecule has 2 aliphatic carbocycles. The summed E-state index contributed by atoms with van der Waals surface area (Å²) >= 11 is 0. The Kier molecular flexibility index (Phi) is 3.48. The van der Waals surface area contributed by atoms with Gasteiger partial charge in [-0.05, 0) is 50.4 Å². The molecular formula is C16H29N3. The third-order valence-electron chi connectivity index (χ3n) is 5.89. The van der Waals surface area contributed by atoms with Gasteiger partial charge >= 0.3 is 0 Å². The maximum absolute atomic E-state index is 6.23. The third kappa shape index (κ3) is 2.25. The molecule has 3 aliphatic rings. The molecule has 0 aromatic heterocycles. The van der Waals surface area contributed by atoms with Crippen LogP contribution in [0.2, 0.25) is 0 Å². The fourth-order valence-corrected chi connectivity index (χ4v) is 4.60. The van der Waals surface area contributed by atoms with Crippen molar-refractivity contribution in [3.63, 3.8) is 0 Å². The molecular weight excluding hydrogens is 234 g/mol. The maximum atomic E-state index is 6.23. The minimum absolute atomic E-state index is 0.296. The van der Waals surface area contributed by atoms with Gasteiger partial charge in [0, 0.05) is 6.04 Å². The first-order valence-corrected chi connectivity index (χ1v) is 8.22. The van der Waals surface area contributed by atoms with Gasteiger partial charge in [-0.1, -0.05) is 26.7 Å². The Morgan fingerprint density at radius 1 is 1.16 bits per heavy atom. The van der Waals surface area contributed by atoms with E-state index < -0.39 is 0 Å². The lowest BCUT2D eigenvalue weighted by molar-refractivity contribution is 0.0744. The fourth-order valence-electron chi connectivity index (χ4n) is 4.60. The van der Waals surface area contributed by atoms with Crippen LogP contribution in [0.4, 0.5) is 0 Å². The van der Waals surface area contributed by atoms with Crippen molar-refractivity contribution in [3.8, 4) is 0 Å². The van der Waals surface area contributed by atoms with Gasteiger partial charge in [-0.25, -0.2) is 0 Å². The molecule has 3 heteroatoms. The average molecular weight is 263 g/mol. The van der Waals surface area contributed by atoms with E-state index in [2.05, 4.69) is 23.7 Å². The monoisotopic (exact) mass is 263 g/mol. The van der Waals surface area contributed by atoms with Crippen molar-refractivity contribution >= 4 is 5.96 Å². The lowest BCUT2D eigenvalue weighted by Gasteiger charge is -2.47. The number of nitrogens with zero attached hydrogens (tertiary/aromatic N) is 2. The van der Waals surface area contributed by atoms with E-state index in [1.807, 2.05) is 0 Å². The van der Waals surface area contributed by atoms with Crippen molar-refractivity contribution in [1.29, 1.82) is 0 Å². The summed E-state index contributed by atoms with van der Waals surface area (Å²) in [7, 11) is 0. The van der Waals surface area contributed by atoms with Gasteiger partial charge in [0.15, 0.2) is 5.96 Å². The highest BCUT2D eigenvalue weighted by Crippen LogP contribution is 2.44. The van der Waals surface area contributed by atoms with Gasteiger partial charge in [0.1, 0.15) is 0 Å². The summed E-state index contributed by atoms with van der Waals surface area (Å²) in [5.41, 5.74) is 6.53. The van der Waals surface area contributed by atoms with Crippen molar-refractivity contribution in [2.75, 3.05) is 6.54 Å². The van der Waals surface area contributed by atoms with Gasteiger partial charge in [0.05, 0.1) is 12.1 Å². The first-order chi connectivity index (χ1) is 9.12. The normalized spacial score (nSPS) is 36.5. The molecule has 2 fully saturated rings. The SMILES string of the molecule is CC(C)C1CCC2(CC1)CN=C(N)N2C1CCCC1. The summed E-state index contributed by atoms with van der Waals surface area (Å²) in [6, 6.07) is 0.682. The topological polar surface area (TPSA) is 41.6 Å². The van der Waals surface area contributed by atoms with Crippen molar-refractivity contribution in [1.82, 2.24) is 4.90 Å². The lowest BCUT2D eigenvalue weighted by Crippen LogP contribution is -2.57. The molecule has 0 amide bonds. The van der Waals surface area contributed by atoms with Crippen LogP contribution in [-0.4, -0.2) is 29.0 Å². The van der Waals surface area contributed by atoms with Crippen LogP contribution in [-0.2, 0) is 0 Å². The molecule has 2 saturated carbocycles. The van der Waals surface area contributed by atoms with Crippen LogP contribution in [0.3, 0.4) is 0 Å². The van der Waals surface area contributed by atoms with E-state index in [0.717, 1.165) is 24.3 Å². The quantitative estimate of drug-likeness (QED) is 0.831. The zero-order valence-electron chi connectivity index (χ0n) is 12.6. The number of hydrogen-bond acceptors (Lipinski definition) is 3. The second-order valence-electron chi connectivity index (χ2n) is 7.29. The zero-order chi connectivity index (χ0) is 13.5. The first kappa shape index (κ1) is 13.3. The van der Waals surface area contributed by atoms with E-state index >= 15 is 0 Å². The molecule has 108 valence electrons. The fraction of sp³-hybridized carbons (Fsp3) is 0.938. The zero-order valence-corrected chi connectivity index (χ0v) is 12.6. The van der Waals surface area contributed by atoms with E-state index in [9.17, 15) is 0 Å². The summed E-state index contributed by atoms with van der Waals surface area (Å²) in [5, 5.41) is 0. The Hall–Kier alpha value is -0.730. The second kappa shape index (κ2) is 4.99. The van der Waals surface area contributed by atoms with Crippen LogP contribution in [0.5, 0.6) is 0 Å². The van der Waals surface area contributed by atoms with Crippen molar-refractivity contribution < 1.29 is 0 Å². The van der Waals surface area contributed by atoms with Gasteiger partial charge in [0.2, 0.25) is 0 Å². The number of nitrogens with two attached hydrogens (primary N) is 1. The molecule has 0 aromatic rings. The number of aliphatic imine (C=N–C) groups is 1. The van der Waals surface area contributed by atoms with Crippen molar-refractivity contribution in [2.45, 2.75) is 76.8 Å². The van der Waals surface area contributed by atoms with Crippen LogP contribution < -0.4 is 5.73 Å². The summed E-state index contributed by atoms with van der Waals surface area (Å²) in [5.74, 6) is 2.59. The Labute approximate surface area is 117 Å². The maximum Gasteiger partial charge on any atom is 0.192 e. The molecule has 3 nitrogen and oxygen atoms in total. The molecule has 1 heterocycles. The predicted molar refractivity (Wildman–Crippen MR) is 80.1 cm³/mol. The van der Waals surface area contributed by atoms with Crippen LogP contribution >= 0.6 is 0 Å². The second-order valence-corrected chi connectivity index (χ2v) is 7.29. The summed E-state index contributed by atoms with van der Waals surface area (Å²) in [6.45, 7) is 5.70. The minimum Gasteiger partial charge on any atom is -0.370 e. The van der Waals surface area contributed by atoms with Crippen LogP contribution in [0.1, 0.15) is 65.2 Å². The predicted octanol–water partition coefficient (Wildman–Crippen LogP) is 3.14. The molecule has 0 radical (unpaired) electrons. The summed E-state index contributed by atoms with van der Waals surface area (Å²) in [4.78, 5) is 7.18. The molecule has 0 atom stereocenters. The van der Waals surface area contributed by atoms with Crippen LogP contribution in [0.25, 0.3) is 0 Å². The smallest absolute Gasteiger partial charge is 0.192 e. The van der Waals surface area contributed by atoms with Crippen LogP contribution in [0, 0.1) is 11.8 Å². The molecule has 1 aliphatic heterocycles. The molecule has 3 rings (SSSR count). The van der Waals surface area contributed by atoms with Gasteiger partial charge in [-0.3, -0.25) is 4.99 Å². The highest BCUT2D eigenvalue weighted by molar-refractivity contribution is 5.81. The molecule has 0 bridgehead atoms. The largest absolute Gasteiger partial charge is 0.370 e. The number of hydrogen-bond donors (Lipinski definition) is 1. The highest BCUT2D eigenvalue weighted by atomic mass is 15.4. The average Bonchev–Trinajstić information content (AvgIpc) is 2.99. The Balaban J connectivity index is 1.73. The number of guanidine groups is 1. The van der Waals surface area contributed by atoms with E-state index in [1.54, 1.807) is 0 Å². The van der Waals surface area contributed by atoms with Crippen molar-refractivity contribution in [2.24, 2.45) is 22.6 Å². The first-order valence-electron chi connectivity index (χ1n) is 8.22. The molecule has 19 heavy (non-hydrogen) atoms. The van der Waals surface area contributed by atoms with Gasteiger partial charge in [-0.2, -0.15) is 0 Å².